The van der Waals surface area contributed by atoms with Gasteiger partial charge in [-0.1, -0.05) is 19.9 Å². The van der Waals surface area contributed by atoms with Crippen LogP contribution in [0.4, 0.5) is 5.82 Å². The molecule has 1 aliphatic rings. The van der Waals surface area contributed by atoms with E-state index in [0.717, 1.165) is 5.82 Å². The topological polar surface area (TPSA) is 24.9 Å². The summed E-state index contributed by atoms with van der Waals surface area (Å²) in [7, 11) is 0. The summed E-state index contributed by atoms with van der Waals surface area (Å²) in [6.07, 6.45) is 5.75. The molecule has 82 valence electrons. The maximum Gasteiger partial charge on any atom is 0.126 e. The van der Waals surface area contributed by atoms with Crippen molar-refractivity contribution in [3.8, 4) is 0 Å². The van der Waals surface area contributed by atoms with Crippen LogP contribution >= 0.6 is 0 Å². The van der Waals surface area contributed by atoms with Gasteiger partial charge < -0.3 is 5.32 Å². The third-order valence-corrected chi connectivity index (χ3v) is 3.23. The van der Waals surface area contributed by atoms with Crippen molar-refractivity contribution in [1.29, 1.82) is 0 Å². The fourth-order valence-electron chi connectivity index (χ4n) is 2.32. The van der Waals surface area contributed by atoms with Crippen LogP contribution in [0.2, 0.25) is 0 Å². The maximum atomic E-state index is 4.38. The first-order valence-corrected chi connectivity index (χ1v) is 5.74. The highest BCUT2D eigenvalue weighted by Crippen LogP contribution is 2.37. The zero-order chi connectivity index (χ0) is 10.9. The van der Waals surface area contributed by atoms with Crippen LogP contribution in [0, 0.1) is 12.3 Å². The highest BCUT2D eigenvalue weighted by Gasteiger charge is 2.30. The Morgan fingerprint density at radius 2 is 2.20 bits per heavy atom. The Balaban J connectivity index is 1.96. The lowest BCUT2D eigenvalue weighted by Gasteiger charge is -2.18. The van der Waals surface area contributed by atoms with Crippen LogP contribution in [-0.2, 0) is 0 Å². The van der Waals surface area contributed by atoms with Crippen molar-refractivity contribution in [2.45, 2.75) is 46.1 Å². The fraction of sp³-hybridized carbons (Fsp3) is 0.615. The third kappa shape index (κ3) is 2.71. The molecule has 1 atom stereocenters. The predicted molar refractivity (Wildman–Crippen MR) is 64.0 cm³/mol. The van der Waals surface area contributed by atoms with Crippen molar-refractivity contribution in [3.05, 3.63) is 23.9 Å². The van der Waals surface area contributed by atoms with Gasteiger partial charge in [0.15, 0.2) is 0 Å². The van der Waals surface area contributed by atoms with Crippen molar-refractivity contribution in [2.24, 2.45) is 5.41 Å². The van der Waals surface area contributed by atoms with Crippen molar-refractivity contribution >= 4 is 5.82 Å². The average Bonchev–Trinajstić information content (AvgIpc) is 2.50. The van der Waals surface area contributed by atoms with E-state index in [-0.39, 0.29) is 0 Å². The number of pyridine rings is 1. The highest BCUT2D eigenvalue weighted by molar-refractivity contribution is 5.36. The van der Waals surface area contributed by atoms with Crippen LogP contribution < -0.4 is 5.32 Å². The summed E-state index contributed by atoms with van der Waals surface area (Å²) < 4.78 is 0. The molecule has 0 radical (unpaired) electrons. The summed E-state index contributed by atoms with van der Waals surface area (Å²) in [4.78, 5) is 4.38. The number of anilines is 1. The predicted octanol–water partition coefficient (Wildman–Crippen LogP) is 3.38. The summed E-state index contributed by atoms with van der Waals surface area (Å²) >= 11 is 0. The van der Waals surface area contributed by atoms with E-state index >= 15 is 0 Å². The molecule has 1 heterocycles. The molecule has 2 nitrogen and oxygen atoms in total. The number of hydrogen-bond donors (Lipinski definition) is 1. The SMILES string of the molecule is Cc1ccc(NC2CCC(C)(C)C2)nc1. The second kappa shape index (κ2) is 3.84. The number of nitrogens with zero attached hydrogens (tertiary/aromatic N) is 1. The van der Waals surface area contributed by atoms with Crippen LogP contribution in [-0.4, -0.2) is 11.0 Å². The third-order valence-electron chi connectivity index (χ3n) is 3.23. The Morgan fingerprint density at radius 3 is 2.73 bits per heavy atom. The first-order chi connectivity index (χ1) is 7.05. The molecule has 2 heteroatoms. The number of rotatable bonds is 2. The molecule has 0 saturated heterocycles. The van der Waals surface area contributed by atoms with Gasteiger partial charge in [0, 0.05) is 12.2 Å². The Labute approximate surface area is 92.1 Å². The van der Waals surface area contributed by atoms with E-state index < -0.39 is 0 Å². The van der Waals surface area contributed by atoms with Crippen molar-refractivity contribution in [1.82, 2.24) is 4.98 Å². The molecule has 0 aliphatic heterocycles. The second-order valence-electron chi connectivity index (χ2n) is 5.47. The largest absolute Gasteiger partial charge is 0.367 e. The Bertz CT molecular complexity index is 327. The summed E-state index contributed by atoms with van der Waals surface area (Å²) in [5, 5.41) is 3.51. The van der Waals surface area contributed by atoms with Crippen molar-refractivity contribution in [2.75, 3.05) is 5.32 Å². The van der Waals surface area contributed by atoms with E-state index in [1.807, 2.05) is 6.20 Å². The van der Waals surface area contributed by atoms with Gasteiger partial charge >= 0.3 is 0 Å². The summed E-state index contributed by atoms with van der Waals surface area (Å²) in [6, 6.07) is 4.78. The molecule has 1 aromatic heterocycles. The molecule has 1 saturated carbocycles. The van der Waals surface area contributed by atoms with Gasteiger partial charge in [-0.05, 0) is 43.2 Å². The number of nitrogens with one attached hydrogen (secondary N) is 1. The van der Waals surface area contributed by atoms with E-state index in [9.17, 15) is 0 Å². The van der Waals surface area contributed by atoms with Crippen LogP contribution in [0.25, 0.3) is 0 Å². The number of hydrogen-bond acceptors (Lipinski definition) is 2. The zero-order valence-electron chi connectivity index (χ0n) is 9.88. The molecule has 15 heavy (non-hydrogen) atoms. The summed E-state index contributed by atoms with van der Waals surface area (Å²) in [5.74, 6) is 1.02. The van der Waals surface area contributed by atoms with Crippen molar-refractivity contribution < 1.29 is 0 Å². The Hall–Kier alpha value is -1.05. The van der Waals surface area contributed by atoms with Crippen LogP contribution in [0.5, 0.6) is 0 Å². The monoisotopic (exact) mass is 204 g/mol. The lowest BCUT2D eigenvalue weighted by atomic mass is 9.92. The first-order valence-electron chi connectivity index (χ1n) is 5.74. The van der Waals surface area contributed by atoms with Gasteiger partial charge in [0.05, 0.1) is 0 Å². The molecule has 1 fully saturated rings. The van der Waals surface area contributed by atoms with Crippen molar-refractivity contribution in [3.63, 3.8) is 0 Å². The van der Waals surface area contributed by atoms with Gasteiger partial charge in [0.1, 0.15) is 5.82 Å². The van der Waals surface area contributed by atoms with Gasteiger partial charge in [-0.15, -0.1) is 0 Å². The van der Waals surface area contributed by atoms with Crippen LogP contribution in [0.1, 0.15) is 38.7 Å². The lowest BCUT2D eigenvalue weighted by molar-refractivity contribution is 0.378. The van der Waals surface area contributed by atoms with E-state index in [4.69, 9.17) is 0 Å². The average molecular weight is 204 g/mol. The number of aryl methyl sites for hydroxylation is 1. The molecule has 1 unspecified atom stereocenters. The molecular weight excluding hydrogens is 184 g/mol. The zero-order valence-corrected chi connectivity index (χ0v) is 9.88. The smallest absolute Gasteiger partial charge is 0.126 e. The molecule has 1 aliphatic carbocycles. The Kier molecular flexibility index (Phi) is 2.68. The van der Waals surface area contributed by atoms with Gasteiger partial charge in [-0.25, -0.2) is 4.98 Å². The molecule has 0 bridgehead atoms. The minimum atomic E-state index is 0.502. The normalized spacial score (nSPS) is 24.1. The molecule has 1 aromatic rings. The molecule has 0 spiro atoms. The second-order valence-corrected chi connectivity index (χ2v) is 5.47. The fourth-order valence-corrected chi connectivity index (χ4v) is 2.32. The van der Waals surface area contributed by atoms with E-state index in [1.165, 1.54) is 24.8 Å². The molecule has 0 amide bonds. The summed E-state index contributed by atoms with van der Waals surface area (Å²) in [6.45, 7) is 6.75. The van der Waals surface area contributed by atoms with E-state index in [2.05, 4.69) is 43.2 Å². The molecule has 2 rings (SSSR count). The van der Waals surface area contributed by atoms with Crippen LogP contribution in [0.3, 0.4) is 0 Å². The minimum absolute atomic E-state index is 0.502. The van der Waals surface area contributed by atoms with Gasteiger partial charge in [-0.2, -0.15) is 0 Å². The highest BCUT2D eigenvalue weighted by atomic mass is 15.0. The molecule has 1 N–H and O–H groups in total. The minimum Gasteiger partial charge on any atom is -0.367 e. The lowest BCUT2D eigenvalue weighted by Crippen LogP contribution is -2.18. The maximum absolute atomic E-state index is 4.38. The van der Waals surface area contributed by atoms with Crippen LogP contribution in [0.15, 0.2) is 18.3 Å². The van der Waals surface area contributed by atoms with E-state index in [0.29, 0.717) is 11.5 Å². The Morgan fingerprint density at radius 1 is 1.40 bits per heavy atom. The molecular formula is C13H20N2. The van der Waals surface area contributed by atoms with Gasteiger partial charge in [0.25, 0.3) is 0 Å². The summed E-state index contributed by atoms with van der Waals surface area (Å²) in [5.41, 5.74) is 1.72. The standard InChI is InChI=1S/C13H20N2/c1-10-4-5-12(14-9-10)15-11-6-7-13(2,3)8-11/h4-5,9,11H,6-8H2,1-3H3,(H,14,15). The number of aromatic nitrogens is 1. The van der Waals surface area contributed by atoms with Gasteiger partial charge in [-0.3, -0.25) is 0 Å². The molecule has 0 aromatic carbocycles. The quantitative estimate of drug-likeness (QED) is 0.798. The van der Waals surface area contributed by atoms with Gasteiger partial charge in [0.2, 0.25) is 0 Å². The first kappa shape index (κ1) is 10.5. The van der Waals surface area contributed by atoms with E-state index in [1.54, 1.807) is 0 Å².